The normalized spacial score (nSPS) is 9.53. The predicted molar refractivity (Wildman–Crippen MR) is 53.4 cm³/mol. The molecule has 0 fully saturated rings. The third-order valence-corrected chi connectivity index (χ3v) is 2.00. The second kappa shape index (κ2) is 3.72. The van der Waals surface area contributed by atoms with Gasteiger partial charge >= 0.3 is 0 Å². The first kappa shape index (κ1) is 9.09. The Morgan fingerprint density at radius 2 is 2.20 bits per heavy atom. The number of pyridine rings is 1. The number of benzene rings is 1. The minimum atomic E-state index is 0.281. The van der Waals surface area contributed by atoms with E-state index in [0.717, 1.165) is 0 Å². The lowest BCUT2D eigenvalue weighted by Gasteiger charge is -2.02. The molecule has 1 aromatic heterocycles. The van der Waals surface area contributed by atoms with Crippen LogP contribution >= 0.6 is 0 Å². The summed E-state index contributed by atoms with van der Waals surface area (Å²) in [5.74, 6) is 0.320. The molecule has 5 heteroatoms. The van der Waals surface area contributed by atoms with Gasteiger partial charge in [0, 0.05) is 17.0 Å². The van der Waals surface area contributed by atoms with Crippen molar-refractivity contribution in [3.8, 4) is 12.0 Å². The summed E-state index contributed by atoms with van der Waals surface area (Å²) in [4.78, 5) is 14.4. The van der Waals surface area contributed by atoms with Crippen molar-refractivity contribution >= 4 is 16.5 Å². The van der Waals surface area contributed by atoms with Crippen LogP contribution in [-0.4, -0.2) is 4.98 Å². The molecule has 15 heavy (non-hydrogen) atoms. The monoisotopic (exact) mass is 199 g/mol. The highest BCUT2D eigenvalue weighted by atomic mass is 16.5. The van der Waals surface area contributed by atoms with E-state index in [4.69, 9.17) is 10.00 Å². The summed E-state index contributed by atoms with van der Waals surface area (Å²) in [6.07, 6.45) is 4.49. The van der Waals surface area contributed by atoms with Crippen LogP contribution in [0.4, 0.5) is 5.69 Å². The summed E-state index contributed by atoms with van der Waals surface area (Å²) in [6, 6.07) is 4.98. The summed E-state index contributed by atoms with van der Waals surface area (Å²) in [6.45, 7) is 0. The van der Waals surface area contributed by atoms with Gasteiger partial charge in [0.2, 0.25) is 0 Å². The molecule has 72 valence electrons. The van der Waals surface area contributed by atoms with Crippen molar-refractivity contribution in [2.24, 2.45) is 5.18 Å². The molecule has 0 bridgehead atoms. The van der Waals surface area contributed by atoms with Gasteiger partial charge in [-0.2, -0.15) is 0 Å². The zero-order valence-electron chi connectivity index (χ0n) is 7.54. The summed E-state index contributed by atoms with van der Waals surface area (Å²) in [7, 11) is 0. The van der Waals surface area contributed by atoms with Crippen molar-refractivity contribution in [3.05, 3.63) is 35.5 Å². The molecule has 0 atom stereocenters. The molecule has 0 N–H and O–H groups in total. The van der Waals surface area contributed by atoms with Gasteiger partial charge in [0.25, 0.3) is 6.26 Å². The molecule has 0 aliphatic rings. The molecule has 0 radical (unpaired) electrons. The van der Waals surface area contributed by atoms with Gasteiger partial charge in [0.1, 0.15) is 5.69 Å². The van der Waals surface area contributed by atoms with E-state index < -0.39 is 0 Å². The van der Waals surface area contributed by atoms with Gasteiger partial charge in [-0.15, -0.1) is 10.2 Å². The fourth-order valence-electron chi connectivity index (χ4n) is 1.36. The van der Waals surface area contributed by atoms with E-state index in [1.807, 2.05) is 0 Å². The van der Waals surface area contributed by atoms with Gasteiger partial charge in [-0.25, -0.2) is 0 Å². The highest BCUT2D eigenvalue weighted by Crippen LogP contribution is 2.30. The number of nitroso groups, excluding NO2 is 1. The Balaban J connectivity index is 2.77. The Bertz CT molecular complexity index is 560. The zero-order chi connectivity index (χ0) is 10.7. The van der Waals surface area contributed by atoms with E-state index in [0.29, 0.717) is 16.5 Å². The third-order valence-electron chi connectivity index (χ3n) is 2.00. The average Bonchev–Trinajstić information content (AvgIpc) is 2.29. The SMILES string of the molecule is N#COc1cncc2c(N=O)cccc12. The van der Waals surface area contributed by atoms with Crippen molar-refractivity contribution in [2.75, 3.05) is 0 Å². The number of ether oxygens (including phenoxy) is 1. The number of nitrogens with zero attached hydrogens (tertiary/aromatic N) is 3. The van der Waals surface area contributed by atoms with Crippen LogP contribution < -0.4 is 4.74 Å². The van der Waals surface area contributed by atoms with Crippen molar-refractivity contribution in [1.29, 1.82) is 5.26 Å². The molecule has 0 unspecified atom stereocenters. The van der Waals surface area contributed by atoms with E-state index in [1.54, 1.807) is 24.5 Å². The summed E-state index contributed by atoms with van der Waals surface area (Å²) >= 11 is 0. The Morgan fingerprint density at radius 3 is 2.93 bits per heavy atom. The first-order valence-electron chi connectivity index (χ1n) is 4.13. The van der Waals surface area contributed by atoms with Crippen LogP contribution in [0, 0.1) is 16.4 Å². The first-order valence-corrected chi connectivity index (χ1v) is 4.13. The molecule has 0 amide bonds. The molecule has 0 aliphatic carbocycles. The standard InChI is InChI=1S/C10H5N3O2/c11-6-15-10-5-12-4-8-7(10)2-1-3-9(8)13-14/h1-5H. The van der Waals surface area contributed by atoms with Crippen LogP contribution in [0.25, 0.3) is 10.8 Å². The molecular formula is C10H5N3O2. The van der Waals surface area contributed by atoms with Crippen LogP contribution in [-0.2, 0) is 0 Å². The predicted octanol–water partition coefficient (Wildman–Crippen LogP) is 2.49. The van der Waals surface area contributed by atoms with Crippen LogP contribution in [0.5, 0.6) is 5.75 Å². The molecule has 0 aliphatic heterocycles. The topological polar surface area (TPSA) is 75.3 Å². The number of nitriles is 1. The van der Waals surface area contributed by atoms with E-state index in [2.05, 4.69) is 10.2 Å². The Morgan fingerprint density at radius 1 is 1.33 bits per heavy atom. The second-order valence-electron chi connectivity index (χ2n) is 2.79. The van der Waals surface area contributed by atoms with E-state index in [1.165, 1.54) is 12.4 Å². The Hall–Kier alpha value is -2.48. The lowest BCUT2D eigenvalue weighted by Crippen LogP contribution is -1.86. The lowest BCUT2D eigenvalue weighted by molar-refractivity contribution is 0.511. The van der Waals surface area contributed by atoms with E-state index in [9.17, 15) is 4.91 Å². The number of hydrogen-bond donors (Lipinski definition) is 0. The molecular weight excluding hydrogens is 194 g/mol. The molecule has 1 aromatic carbocycles. The van der Waals surface area contributed by atoms with Crippen molar-refractivity contribution in [1.82, 2.24) is 4.98 Å². The fraction of sp³-hybridized carbons (Fsp3) is 0. The van der Waals surface area contributed by atoms with E-state index in [-0.39, 0.29) is 5.69 Å². The first-order chi connectivity index (χ1) is 7.36. The van der Waals surface area contributed by atoms with E-state index >= 15 is 0 Å². The molecule has 0 spiro atoms. The summed E-state index contributed by atoms with van der Waals surface area (Å²) in [5, 5.41) is 12.5. The van der Waals surface area contributed by atoms with Crippen molar-refractivity contribution in [2.45, 2.75) is 0 Å². The Kier molecular flexibility index (Phi) is 2.25. The maximum Gasteiger partial charge on any atom is 0.292 e. The molecule has 0 saturated heterocycles. The smallest absolute Gasteiger partial charge is 0.292 e. The van der Waals surface area contributed by atoms with Crippen molar-refractivity contribution < 1.29 is 4.74 Å². The minimum absolute atomic E-state index is 0.281. The van der Waals surface area contributed by atoms with Gasteiger partial charge in [-0.05, 0) is 11.2 Å². The van der Waals surface area contributed by atoms with Crippen LogP contribution in [0.15, 0.2) is 35.8 Å². The van der Waals surface area contributed by atoms with Gasteiger partial charge in [-0.1, -0.05) is 12.1 Å². The highest BCUT2D eigenvalue weighted by Gasteiger charge is 2.06. The minimum Gasteiger partial charge on any atom is -0.386 e. The highest BCUT2D eigenvalue weighted by molar-refractivity contribution is 5.95. The van der Waals surface area contributed by atoms with Gasteiger partial charge in [0.05, 0.1) is 6.20 Å². The number of rotatable bonds is 2. The van der Waals surface area contributed by atoms with Gasteiger partial charge in [0.15, 0.2) is 5.75 Å². The average molecular weight is 199 g/mol. The molecule has 1 heterocycles. The second-order valence-corrected chi connectivity index (χ2v) is 2.79. The summed E-state index contributed by atoms with van der Waals surface area (Å²) < 4.78 is 4.72. The molecule has 2 rings (SSSR count). The number of hydrogen-bond acceptors (Lipinski definition) is 5. The quantitative estimate of drug-likeness (QED) is 0.550. The number of aromatic nitrogens is 1. The number of fused-ring (bicyclic) bond motifs is 1. The van der Waals surface area contributed by atoms with Crippen LogP contribution in [0.1, 0.15) is 0 Å². The van der Waals surface area contributed by atoms with Gasteiger partial charge in [-0.3, -0.25) is 4.98 Å². The molecule has 0 saturated carbocycles. The lowest BCUT2D eigenvalue weighted by atomic mass is 10.1. The van der Waals surface area contributed by atoms with Crippen molar-refractivity contribution in [3.63, 3.8) is 0 Å². The molecule has 5 nitrogen and oxygen atoms in total. The molecule has 2 aromatic rings. The van der Waals surface area contributed by atoms with Crippen LogP contribution in [0.3, 0.4) is 0 Å². The van der Waals surface area contributed by atoms with Gasteiger partial charge < -0.3 is 4.74 Å². The maximum absolute atomic E-state index is 10.5. The zero-order valence-corrected chi connectivity index (χ0v) is 7.54. The third kappa shape index (κ3) is 1.48. The Labute approximate surface area is 84.9 Å². The summed E-state index contributed by atoms with van der Waals surface area (Å²) in [5.41, 5.74) is 0.281. The fourth-order valence-corrected chi connectivity index (χ4v) is 1.36. The maximum atomic E-state index is 10.5. The largest absolute Gasteiger partial charge is 0.386 e. The van der Waals surface area contributed by atoms with Crippen LogP contribution in [0.2, 0.25) is 0 Å².